The molecule has 5 heteroatoms. The first-order chi connectivity index (χ1) is 12.7. The van der Waals surface area contributed by atoms with E-state index in [0.717, 1.165) is 77.1 Å². The summed E-state index contributed by atoms with van der Waals surface area (Å²) in [5, 5.41) is 0. The van der Waals surface area contributed by atoms with Crippen LogP contribution in [0.3, 0.4) is 0 Å². The summed E-state index contributed by atoms with van der Waals surface area (Å²) in [6.07, 6.45) is 9.20. The first-order valence-corrected chi connectivity index (χ1v) is 10.3. The molecule has 1 amide bonds. The van der Waals surface area contributed by atoms with Gasteiger partial charge in [0.1, 0.15) is 0 Å². The first-order valence-electron chi connectivity index (χ1n) is 10.3. The molecule has 5 nitrogen and oxygen atoms in total. The van der Waals surface area contributed by atoms with Crippen molar-refractivity contribution in [3.8, 4) is 0 Å². The van der Waals surface area contributed by atoms with Crippen LogP contribution in [0.25, 0.3) is 0 Å². The topological polar surface area (TPSA) is 45.7 Å². The number of aromatic nitrogens is 1. The van der Waals surface area contributed by atoms with E-state index in [-0.39, 0.29) is 5.60 Å². The minimum absolute atomic E-state index is 0.00875. The fourth-order valence-corrected chi connectivity index (χ4v) is 4.83. The van der Waals surface area contributed by atoms with Crippen LogP contribution in [0.15, 0.2) is 24.4 Å². The van der Waals surface area contributed by atoms with Gasteiger partial charge in [0.2, 0.25) is 5.91 Å². The van der Waals surface area contributed by atoms with Gasteiger partial charge in [-0.05, 0) is 56.6 Å². The second-order valence-corrected chi connectivity index (χ2v) is 8.28. The number of amides is 1. The van der Waals surface area contributed by atoms with Gasteiger partial charge in [-0.15, -0.1) is 0 Å². The number of nitrogens with zero attached hydrogens (tertiary/aromatic N) is 3. The molecular weight excluding hydrogens is 326 g/mol. The number of likely N-dealkylation sites (tertiary alicyclic amines) is 2. The third-order valence-corrected chi connectivity index (χ3v) is 6.40. The smallest absolute Gasteiger partial charge is 0.222 e. The number of pyridine rings is 1. The van der Waals surface area contributed by atoms with Crippen LogP contribution in [0.5, 0.6) is 0 Å². The molecule has 0 saturated carbocycles. The lowest BCUT2D eigenvalue weighted by molar-refractivity contribution is -0.141. The summed E-state index contributed by atoms with van der Waals surface area (Å²) in [4.78, 5) is 21.5. The quantitative estimate of drug-likeness (QED) is 0.831. The van der Waals surface area contributed by atoms with E-state index in [0.29, 0.717) is 11.8 Å². The third kappa shape index (κ3) is 4.26. The molecule has 3 aliphatic rings. The predicted octanol–water partition coefficient (Wildman–Crippen LogP) is 2.86. The Morgan fingerprint density at radius 3 is 2.73 bits per heavy atom. The van der Waals surface area contributed by atoms with Crippen LogP contribution in [0, 0.1) is 5.92 Å². The maximum atomic E-state index is 12.5. The van der Waals surface area contributed by atoms with E-state index in [1.54, 1.807) is 0 Å². The van der Waals surface area contributed by atoms with Crippen LogP contribution in [0.4, 0.5) is 0 Å². The molecule has 3 saturated heterocycles. The number of hydrogen-bond donors (Lipinski definition) is 0. The number of rotatable bonds is 4. The second-order valence-electron chi connectivity index (χ2n) is 8.28. The minimum Gasteiger partial charge on any atom is -0.375 e. The highest BCUT2D eigenvalue weighted by Crippen LogP contribution is 2.39. The Bertz CT molecular complexity index is 593. The fourth-order valence-electron chi connectivity index (χ4n) is 4.83. The monoisotopic (exact) mass is 357 g/mol. The molecule has 3 fully saturated rings. The number of hydrogen-bond acceptors (Lipinski definition) is 4. The van der Waals surface area contributed by atoms with E-state index in [1.165, 1.54) is 12.8 Å². The first kappa shape index (κ1) is 17.9. The van der Waals surface area contributed by atoms with Gasteiger partial charge < -0.3 is 9.64 Å². The lowest BCUT2D eigenvalue weighted by Crippen LogP contribution is -2.49. The van der Waals surface area contributed by atoms with E-state index in [2.05, 4.69) is 26.9 Å². The Labute approximate surface area is 156 Å². The van der Waals surface area contributed by atoms with E-state index < -0.39 is 0 Å². The molecule has 1 aromatic heterocycles. The van der Waals surface area contributed by atoms with Crippen molar-refractivity contribution in [3.63, 3.8) is 0 Å². The van der Waals surface area contributed by atoms with Crippen molar-refractivity contribution in [3.05, 3.63) is 30.1 Å². The zero-order chi connectivity index (χ0) is 17.8. The molecule has 1 unspecified atom stereocenters. The molecule has 1 atom stereocenters. The minimum atomic E-state index is 0.00875. The molecule has 1 spiro atoms. The van der Waals surface area contributed by atoms with Crippen molar-refractivity contribution in [2.24, 2.45) is 5.92 Å². The number of piperidine rings is 1. The van der Waals surface area contributed by atoms with Gasteiger partial charge in [-0.1, -0.05) is 6.07 Å². The van der Waals surface area contributed by atoms with E-state index >= 15 is 0 Å². The van der Waals surface area contributed by atoms with Crippen LogP contribution in [0.1, 0.15) is 50.6 Å². The summed E-state index contributed by atoms with van der Waals surface area (Å²) >= 11 is 0. The number of carbonyl (C=O) groups is 1. The van der Waals surface area contributed by atoms with Gasteiger partial charge in [-0.2, -0.15) is 0 Å². The number of carbonyl (C=O) groups excluding carboxylic acids is 1. The van der Waals surface area contributed by atoms with Gasteiger partial charge in [0.25, 0.3) is 0 Å². The Hall–Kier alpha value is -1.46. The molecule has 142 valence electrons. The third-order valence-electron chi connectivity index (χ3n) is 6.40. The maximum absolute atomic E-state index is 12.5. The molecule has 0 aromatic carbocycles. The molecule has 4 heterocycles. The standard InChI is InChI=1S/C21H31N3O2/c25-20(24-10-3-4-11-24)15-18-6-14-26-21(16-18)7-12-23(13-8-21)17-19-5-1-2-9-22-19/h1-2,5,9,18H,3-4,6-8,10-17H2. The van der Waals surface area contributed by atoms with E-state index in [4.69, 9.17) is 4.74 Å². The van der Waals surface area contributed by atoms with Crippen molar-refractivity contribution in [2.75, 3.05) is 32.8 Å². The Kier molecular flexibility index (Phi) is 5.55. The van der Waals surface area contributed by atoms with Crippen molar-refractivity contribution in [1.82, 2.24) is 14.8 Å². The highest BCUT2D eigenvalue weighted by Gasteiger charge is 2.41. The summed E-state index contributed by atoms with van der Waals surface area (Å²) in [6, 6.07) is 6.12. The zero-order valence-electron chi connectivity index (χ0n) is 15.7. The van der Waals surface area contributed by atoms with Crippen molar-refractivity contribution < 1.29 is 9.53 Å². The van der Waals surface area contributed by atoms with Crippen molar-refractivity contribution in [2.45, 2.75) is 57.1 Å². The highest BCUT2D eigenvalue weighted by molar-refractivity contribution is 5.76. The molecule has 1 aromatic rings. The predicted molar refractivity (Wildman–Crippen MR) is 101 cm³/mol. The maximum Gasteiger partial charge on any atom is 0.222 e. The molecule has 0 bridgehead atoms. The van der Waals surface area contributed by atoms with Gasteiger partial charge in [-0.3, -0.25) is 14.7 Å². The molecule has 26 heavy (non-hydrogen) atoms. The van der Waals surface area contributed by atoms with Crippen molar-refractivity contribution >= 4 is 5.91 Å². The van der Waals surface area contributed by atoms with Crippen LogP contribution >= 0.6 is 0 Å². The zero-order valence-corrected chi connectivity index (χ0v) is 15.7. The summed E-state index contributed by atoms with van der Waals surface area (Å²) in [6.45, 7) is 5.80. The average molecular weight is 357 g/mol. The average Bonchev–Trinajstić information content (AvgIpc) is 3.20. The van der Waals surface area contributed by atoms with Gasteiger partial charge in [-0.25, -0.2) is 0 Å². The molecular formula is C21H31N3O2. The van der Waals surface area contributed by atoms with E-state index in [9.17, 15) is 4.79 Å². The van der Waals surface area contributed by atoms with Gasteiger partial charge in [0.05, 0.1) is 11.3 Å². The molecule has 0 radical (unpaired) electrons. The summed E-state index contributed by atoms with van der Waals surface area (Å²) in [5.41, 5.74) is 1.15. The second kappa shape index (κ2) is 8.05. The molecule has 3 aliphatic heterocycles. The van der Waals surface area contributed by atoms with Crippen LogP contribution in [0.2, 0.25) is 0 Å². The largest absolute Gasteiger partial charge is 0.375 e. The van der Waals surface area contributed by atoms with E-state index in [1.807, 2.05) is 12.3 Å². The lowest BCUT2D eigenvalue weighted by atomic mass is 9.78. The van der Waals surface area contributed by atoms with Crippen molar-refractivity contribution in [1.29, 1.82) is 0 Å². The Morgan fingerprint density at radius 2 is 2.00 bits per heavy atom. The SMILES string of the molecule is O=C(CC1CCOC2(CCN(Cc3ccccn3)CC2)C1)N1CCCC1. The highest BCUT2D eigenvalue weighted by atomic mass is 16.5. The normalized spacial score (nSPS) is 26.3. The van der Waals surface area contributed by atoms with Crippen LogP contribution in [-0.4, -0.2) is 59.1 Å². The summed E-state index contributed by atoms with van der Waals surface area (Å²) in [7, 11) is 0. The van der Waals surface area contributed by atoms with Gasteiger partial charge >= 0.3 is 0 Å². The Morgan fingerprint density at radius 1 is 1.19 bits per heavy atom. The summed E-state index contributed by atoms with van der Waals surface area (Å²) < 4.78 is 6.28. The Balaban J connectivity index is 1.28. The molecule has 0 aliphatic carbocycles. The van der Waals surface area contributed by atoms with Gasteiger partial charge in [0.15, 0.2) is 0 Å². The van der Waals surface area contributed by atoms with Gasteiger partial charge in [0, 0.05) is 51.9 Å². The lowest BCUT2D eigenvalue weighted by Gasteiger charge is -2.46. The summed E-state index contributed by atoms with van der Waals surface area (Å²) in [5.74, 6) is 0.872. The fraction of sp³-hybridized carbons (Fsp3) is 0.714. The molecule has 0 N–H and O–H groups in total. The van der Waals surface area contributed by atoms with Crippen LogP contribution < -0.4 is 0 Å². The molecule has 4 rings (SSSR count). The van der Waals surface area contributed by atoms with Crippen LogP contribution in [-0.2, 0) is 16.1 Å². The number of ether oxygens (including phenoxy) is 1.